The Morgan fingerprint density at radius 1 is 0.444 bits per heavy atom. The molecule has 1 nitrogen and oxygen atoms in total. The maximum Gasteiger partial charge on any atom is 0.0321 e. The molecular formula is C17H35N. The van der Waals surface area contributed by atoms with E-state index in [0.29, 0.717) is 6.54 Å². The van der Waals surface area contributed by atoms with Crippen molar-refractivity contribution in [3.05, 3.63) is 0 Å². The highest BCUT2D eigenvalue weighted by Gasteiger charge is 1.93. The second-order valence-electron chi connectivity index (χ2n) is 5.67. The highest BCUT2D eigenvalue weighted by Crippen LogP contribution is 2.13. The summed E-state index contributed by atoms with van der Waals surface area (Å²) in [7, 11) is 0. The lowest BCUT2D eigenvalue weighted by molar-refractivity contribution is 0.532. The van der Waals surface area contributed by atoms with Crippen LogP contribution in [0.25, 0.3) is 0 Å². The van der Waals surface area contributed by atoms with Crippen molar-refractivity contribution in [2.75, 3.05) is 6.54 Å². The molecule has 0 bridgehead atoms. The fourth-order valence-corrected chi connectivity index (χ4v) is 2.48. The van der Waals surface area contributed by atoms with Crippen molar-refractivity contribution in [1.82, 2.24) is 5.73 Å². The van der Waals surface area contributed by atoms with E-state index >= 15 is 0 Å². The molecule has 0 spiro atoms. The third kappa shape index (κ3) is 16.0. The fraction of sp³-hybridized carbons (Fsp3) is 1.00. The van der Waals surface area contributed by atoms with Crippen molar-refractivity contribution in [2.45, 2.75) is 103 Å². The van der Waals surface area contributed by atoms with Crippen LogP contribution in [0.2, 0.25) is 0 Å². The van der Waals surface area contributed by atoms with Crippen molar-refractivity contribution in [2.24, 2.45) is 0 Å². The molecule has 0 atom stereocenters. The molecule has 0 amide bonds. The molecule has 2 radical (unpaired) electrons. The zero-order valence-corrected chi connectivity index (χ0v) is 12.8. The lowest BCUT2D eigenvalue weighted by Crippen LogP contribution is -1.86. The van der Waals surface area contributed by atoms with Gasteiger partial charge >= 0.3 is 0 Å². The number of hydrogen-bond donors (Lipinski definition) is 0. The number of hydrogen-bond acceptors (Lipinski definition) is 0. The Hall–Kier alpha value is -0.0400. The third-order valence-corrected chi connectivity index (χ3v) is 3.76. The summed E-state index contributed by atoms with van der Waals surface area (Å²) in [5, 5.41) is 0. The monoisotopic (exact) mass is 253 g/mol. The standard InChI is InChI=1S/C17H35N/c1-2-3-4-5-6-7-8-9-10-11-12-13-14-15-16-17-18/h2-17H2,1H3. The maximum absolute atomic E-state index is 8.66. The van der Waals surface area contributed by atoms with Crippen molar-refractivity contribution in [1.29, 1.82) is 0 Å². The molecule has 0 N–H and O–H groups in total. The second-order valence-corrected chi connectivity index (χ2v) is 5.67. The van der Waals surface area contributed by atoms with Gasteiger partial charge in [0.05, 0.1) is 0 Å². The van der Waals surface area contributed by atoms with E-state index in [4.69, 9.17) is 5.73 Å². The largest absolute Gasteiger partial charge is 0.145 e. The Morgan fingerprint density at radius 3 is 1.00 bits per heavy atom. The van der Waals surface area contributed by atoms with Crippen LogP contribution in [0, 0.1) is 0 Å². The van der Waals surface area contributed by atoms with Crippen molar-refractivity contribution in [3.8, 4) is 0 Å². The number of nitrogens with zero attached hydrogens (tertiary/aromatic N) is 1. The summed E-state index contributed by atoms with van der Waals surface area (Å²) in [5.41, 5.74) is 8.66. The minimum Gasteiger partial charge on any atom is -0.145 e. The van der Waals surface area contributed by atoms with Gasteiger partial charge in [0.25, 0.3) is 0 Å². The van der Waals surface area contributed by atoms with Gasteiger partial charge in [-0.1, -0.05) is 96.8 Å². The summed E-state index contributed by atoms with van der Waals surface area (Å²) >= 11 is 0. The van der Waals surface area contributed by atoms with E-state index in [9.17, 15) is 0 Å². The van der Waals surface area contributed by atoms with Gasteiger partial charge in [-0.2, -0.15) is 0 Å². The Balaban J connectivity index is 2.86. The van der Waals surface area contributed by atoms with Crippen LogP contribution >= 0.6 is 0 Å². The predicted octanol–water partition coefficient (Wildman–Crippen LogP) is 5.93. The normalized spacial score (nSPS) is 11.0. The first-order valence-corrected chi connectivity index (χ1v) is 8.52. The molecule has 0 saturated heterocycles. The van der Waals surface area contributed by atoms with Crippen LogP contribution in [0.15, 0.2) is 0 Å². The minimum absolute atomic E-state index is 0.373. The van der Waals surface area contributed by atoms with Crippen molar-refractivity contribution in [3.63, 3.8) is 0 Å². The molecule has 0 aliphatic rings. The van der Waals surface area contributed by atoms with E-state index in [1.165, 1.54) is 89.9 Å². The van der Waals surface area contributed by atoms with Crippen LogP contribution < -0.4 is 5.73 Å². The first-order chi connectivity index (χ1) is 8.91. The zero-order valence-electron chi connectivity index (χ0n) is 12.8. The molecule has 0 unspecified atom stereocenters. The Morgan fingerprint density at radius 2 is 0.722 bits per heavy atom. The first kappa shape index (κ1) is 18.0. The molecule has 1 heteroatoms. The third-order valence-electron chi connectivity index (χ3n) is 3.76. The molecule has 0 aliphatic heterocycles. The molecule has 18 heavy (non-hydrogen) atoms. The number of rotatable bonds is 15. The molecule has 0 fully saturated rings. The van der Waals surface area contributed by atoms with E-state index in [2.05, 4.69) is 6.92 Å². The minimum atomic E-state index is 0.373. The summed E-state index contributed by atoms with van der Waals surface area (Å²) in [6.45, 7) is 2.65. The summed E-state index contributed by atoms with van der Waals surface area (Å²) in [5.74, 6) is 0. The van der Waals surface area contributed by atoms with Gasteiger partial charge in [0.2, 0.25) is 0 Å². The topological polar surface area (TPSA) is 22.3 Å². The summed E-state index contributed by atoms with van der Waals surface area (Å²) in [6, 6.07) is 0. The highest BCUT2D eigenvalue weighted by atomic mass is 14.5. The molecule has 0 aromatic heterocycles. The van der Waals surface area contributed by atoms with Gasteiger partial charge in [0, 0.05) is 6.54 Å². The number of unbranched alkanes of at least 4 members (excludes halogenated alkanes) is 14. The molecular weight excluding hydrogens is 218 g/mol. The van der Waals surface area contributed by atoms with Gasteiger partial charge in [-0.15, -0.1) is 5.73 Å². The van der Waals surface area contributed by atoms with Crippen LogP contribution in [0.5, 0.6) is 0 Å². The van der Waals surface area contributed by atoms with Gasteiger partial charge in [0.1, 0.15) is 0 Å². The second kappa shape index (κ2) is 17.0. The van der Waals surface area contributed by atoms with Gasteiger partial charge in [-0.25, -0.2) is 0 Å². The lowest BCUT2D eigenvalue weighted by Gasteiger charge is -2.02. The molecule has 0 aliphatic carbocycles. The Bertz CT molecular complexity index is 118. The van der Waals surface area contributed by atoms with E-state index in [1.54, 1.807) is 0 Å². The van der Waals surface area contributed by atoms with Gasteiger partial charge in [0.15, 0.2) is 0 Å². The van der Waals surface area contributed by atoms with Gasteiger partial charge < -0.3 is 0 Å². The van der Waals surface area contributed by atoms with Crippen molar-refractivity contribution < 1.29 is 0 Å². The molecule has 108 valence electrons. The SMILES string of the molecule is CCCCCCCCCCCCCCCCC[N]. The van der Waals surface area contributed by atoms with Crippen LogP contribution in [0.1, 0.15) is 103 Å². The average molecular weight is 253 g/mol. The zero-order chi connectivity index (χ0) is 13.3. The summed E-state index contributed by atoms with van der Waals surface area (Å²) < 4.78 is 0. The van der Waals surface area contributed by atoms with Crippen LogP contribution in [0.3, 0.4) is 0 Å². The summed E-state index contributed by atoms with van der Waals surface area (Å²) in [6.07, 6.45) is 20.7. The maximum atomic E-state index is 8.66. The molecule has 0 aromatic carbocycles. The van der Waals surface area contributed by atoms with Crippen LogP contribution in [-0.4, -0.2) is 6.54 Å². The molecule has 0 rings (SSSR count). The summed E-state index contributed by atoms with van der Waals surface area (Å²) in [4.78, 5) is 0. The van der Waals surface area contributed by atoms with Gasteiger partial charge in [-0.3, -0.25) is 0 Å². The smallest absolute Gasteiger partial charge is 0.0321 e. The molecule has 0 aromatic rings. The Kier molecular flexibility index (Phi) is 16.9. The van der Waals surface area contributed by atoms with E-state index < -0.39 is 0 Å². The molecule has 0 saturated carbocycles. The quantitative estimate of drug-likeness (QED) is 0.323. The highest BCUT2D eigenvalue weighted by molar-refractivity contribution is 4.49. The molecule has 0 heterocycles. The van der Waals surface area contributed by atoms with Crippen LogP contribution in [-0.2, 0) is 0 Å². The van der Waals surface area contributed by atoms with Crippen molar-refractivity contribution >= 4 is 0 Å². The van der Waals surface area contributed by atoms with E-state index in [-0.39, 0.29) is 0 Å². The van der Waals surface area contributed by atoms with Gasteiger partial charge in [-0.05, 0) is 6.42 Å². The van der Waals surface area contributed by atoms with E-state index in [1.807, 2.05) is 0 Å². The lowest BCUT2D eigenvalue weighted by atomic mass is 10.0. The predicted molar refractivity (Wildman–Crippen MR) is 81.9 cm³/mol. The van der Waals surface area contributed by atoms with Crippen LogP contribution in [0.4, 0.5) is 0 Å². The Labute approximate surface area is 116 Å². The average Bonchev–Trinajstić information content (AvgIpc) is 2.39. The first-order valence-electron chi connectivity index (χ1n) is 8.52. The van der Waals surface area contributed by atoms with E-state index in [0.717, 1.165) is 6.42 Å². The fourth-order valence-electron chi connectivity index (χ4n) is 2.48.